The molecule has 5 heteroatoms. The zero-order valence-electron chi connectivity index (χ0n) is 13.0. The average Bonchev–Trinajstić information content (AvgIpc) is 2.51. The SMILES string of the molecule is C[C@@H](c1ccc(N)cc1)N1CC[C@]2(CC[C@@H](O)CC2)OC1=O. The maximum atomic E-state index is 12.4. The van der Waals surface area contributed by atoms with Crippen LogP contribution in [0.5, 0.6) is 0 Å². The lowest BCUT2D eigenvalue weighted by atomic mass is 9.80. The van der Waals surface area contributed by atoms with E-state index < -0.39 is 0 Å². The Balaban J connectivity index is 1.68. The smallest absolute Gasteiger partial charge is 0.410 e. The van der Waals surface area contributed by atoms with Crippen LogP contribution in [0.3, 0.4) is 0 Å². The van der Waals surface area contributed by atoms with Gasteiger partial charge >= 0.3 is 6.09 Å². The fraction of sp³-hybridized carbons (Fsp3) is 0.588. The van der Waals surface area contributed by atoms with Crippen molar-refractivity contribution in [3.8, 4) is 0 Å². The minimum absolute atomic E-state index is 0.0281. The molecule has 1 saturated carbocycles. The molecular formula is C17H24N2O3. The van der Waals surface area contributed by atoms with E-state index in [0.29, 0.717) is 6.54 Å². The number of aliphatic hydroxyl groups excluding tert-OH is 1. The van der Waals surface area contributed by atoms with Crippen LogP contribution in [-0.4, -0.2) is 34.3 Å². The zero-order chi connectivity index (χ0) is 15.7. The second kappa shape index (κ2) is 5.80. The van der Waals surface area contributed by atoms with Gasteiger partial charge in [0.1, 0.15) is 5.60 Å². The normalized spacial score (nSPS) is 30.2. The lowest BCUT2D eigenvalue weighted by Crippen LogP contribution is -2.52. The van der Waals surface area contributed by atoms with Crippen molar-refractivity contribution < 1.29 is 14.6 Å². The summed E-state index contributed by atoms with van der Waals surface area (Å²) >= 11 is 0. The standard InChI is InChI=1S/C17H24N2O3/c1-12(13-2-4-14(18)5-3-13)19-11-10-17(22-16(19)21)8-6-15(20)7-9-17/h2-5,12,15,20H,6-11,18H2,1H3/t12-,15-,17-/m0/s1. The first-order valence-corrected chi connectivity index (χ1v) is 8.02. The monoisotopic (exact) mass is 304 g/mol. The van der Waals surface area contributed by atoms with Gasteiger partial charge in [-0.1, -0.05) is 12.1 Å². The van der Waals surface area contributed by atoms with Gasteiger partial charge in [0, 0.05) is 18.7 Å². The minimum Gasteiger partial charge on any atom is -0.443 e. The molecule has 0 aromatic heterocycles. The number of aliphatic hydroxyl groups is 1. The largest absolute Gasteiger partial charge is 0.443 e. The fourth-order valence-corrected chi connectivity index (χ4v) is 3.50. The number of ether oxygens (including phenoxy) is 1. The Kier molecular flexibility index (Phi) is 4.00. The molecule has 1 aliphatic carbocycles. The van der Waals surface area contributed by atoms with Gasteiger partial charge in [-0.15, -0.1) is 0 Å². The molecule has 1 amide bonds. The molecule has 1 aromatic rings. The number of amides is 1. The van der Waals surface area contributed by atoms with Crippen LogP contribution in [0, 0.1) is 0 Å². The quantitative estimate of drug-likeness (QED) is 0.824. The molecule has 5 nitrogen and oxygen atoms in total. The van der Waals surface area contributed by atoms with Crippen molar-refractivity contribution in [3.05, 3.63) is 29.8 Å². The van der Waals surface area contributed by atoms with Crippen LogP contribution < -0.4 is 5.73 Å². The molecule has 0 bridgehead atoms. The second-order valence-electron chi connectivity index (χ2n) is 6.57. The van der Waals surface area contributed by atoms with E-state index in [9.17, 15) is 9.90 Å². The summed E-state index contributed by atoms with van der Waals surface area (Å²) in [7, 11) is 0. The molecule has 120 valence electrons. The maximum absolute atomic E-state index is 12.4. The van der Waals surface area contributed by atoms with Gasteiger partial charge in [-0.05, 0) is 50.3 Å². The zero-order valence-corrected chi connectivity index (χ0v) is 13.0. The van der Waals surface area contributed by atoms with E-state index in [0.717, 1.165) is 43.4 Å². The van der Waals surface area contributed by atoms with E-state index in [1.807, 2.05) is 31.2 Å². The highest BCUT2D eigenvalue weighted by molar-refractivity contribution is 5.70. The van der Waals surface area contributed by atoms with E-state index in [2.05, 4.69) is 0 Å². The van der Waals surface area contributed by atoms with E-state index >= 15 is 0 Å². The Morgan fingerprint density at radius 1 is 1.27 bits per heavy atom. The van der Waals surface area contributed by atoms with Crippen molar-refractivity contribution in [1.82, 2.24) is 4.90 Å². The number of hydrogen-bond donors (Lipinski definition) is 2. The molecule has 0 unspecified atom stereocenters. The molecule has 1 heterocycles. The number of carbonyl (C=O) groups excluding carboxylic acids is 1. The number of nitrogens with two attached hydrogens (primary N) is 1. The Hall–Kier alpha value is -1.75. The number of carbonyl (C=O) groups is 1. The van der Waals surface area contributed by atoms with Gasteiger partial charge in [-0.3, -0.25) is 0 Å². The number of anilines is 1. The Bertz CT molecular complexity index is 535. The highest BCUT2D eigenvalue weighted by Crippen LogP contribution is 2.39. The highest BCUT2D eigenvalue weighted by Gasteiger charge is 2.44. The van der Waals surface area contributed by atoms with Gasteiger partial charge in [-0.25, -0.2) is 4.79 Å². The van der Waals surface area contributed by atoms with Crippen LogP contribution in [0.15, 0.2) is 24.3 Å². The molecule has 1 atom stereocenters. The van der Waals surface area contributed by atoms with Crippen molar-refractivity contribution in [1.29, 1.82) is 0 Å². The first kappa shape index (κ1) is 15.2. The first-order valence-electron chi connectivity index (χ1n) is 8.02. The molecule has 1 aromatic carbocycles. The van der Waals surface area contributed by atoms with Crippen LogP contribution in [0.25, 0.3) is 0 Å². The van der Waals surface area contributed by atoms with Crippen LogP contribution >= 0.6 is 0 Å². The summed E-state index contributed by atoms with van der Waals surface area (Å²) < 4.78 is 5.79. The van der Waals surface area contributed by atoms with Crippen LogP contribution in [-0.2, 0) is 4.74 Å². The molecule has 2 fully saturated rings. The number of nitrogens with zero attached hydrogens (tertiary/aromatic N) is 1. The molecular weight excluding hydrogens is 280 g/mol. The minimum atomic E-state index is -0.354. The summed E-state index contributed by atoms with van der Waals surface area (Å²) in [5, 5.41) is 9.64. The second-order valence-corrected chi connectivity index (χ2v) is 6.57. The third kappa shape index (κ3) is 2.90. The third-order valence-corrected chi connectivity index (χ3v) is 5.10. The Labute approximate surface area is 131 Å². The van der Waals surface area contributed by atoms with Gasteiger partial charge < -0.3 is 20.5 Å². The molecule has 1 spiro atoms. The summed E-state index contributed by atoms with van der Waals surface area (Å²) in [6, 6.07) is 7.58. The van der Waals surface area contributed by atoms with Crippen molar-refractivity contribution in [2.24, 2.45) is 0 Å². The first-order chi connectivity index (χ1) is 10.5. The number of rotatable bonds is 2. The van der Waals surface area contributed by atoms with Gasteiger partial charge in [0.25, 0.3) is 0 Å². The Morgan fingerprint density at radius 3 is 2.50 bits per heavy atom. The number of hydrogen-bond acceptors (Lipinski definition) is 4. The summed E-state index contributed by atoms with van der Waals surface area (Å²) in [5.74, 6) is 0. The maximum Gasteiger partial charge on any atom is 0.410 e. The summed E-state index contributed by atoms with van der Waals surface area (Å²) in [5.41, 5.74) is 7.13. The predicted octanol–water partition coefficient (Wildman–Crippen LogP) is 2.85. The highest BCUT2D eigenvalue weighted by atomic mass is 16.6. The molecule has 1 aliphatic heterocycles. The summed E-state index contributed by atoms with van der Waals surface area (Å²) in [6.45, 7) is 2.70. The molecule has 0 radical (unpaired) electrons. The van der Waals surface area contributed by atoms with E-state index in [1.165, 1.54) is 0 Å². The number of benzene rings is 1. The van der Waals surface area contributed by atoms with Gasteiger partial charge in [0.05, 0.1) is 12.1 Å². The van der Waals surface area contributed by atoms with Crippen molar-refractivity contribution in [3.63, 3.8) is 0 Å². The lowest BCUT2D eigenvalue weighted by Gasteiger charge is -2.45. The van der Waals surface area contributed by atoms with Crippen LogP contribution in [0.2, 0.25) is 0 Å². The molecule has 3 N–H and O–H groups in total. The summed E-state index contributed by atoms with van der Waals surface area (Å²) in [6.07, 6.45) is 3.34. The van der Waals surface area contributed by atoms with Crippen molar-refractivity contribution >= 4 is 11.8 Å². The predicted molar refractivity (Wildman–Crippen MR) is 84.3 cm³/mol. The third-order valence-electron chi connectivity index (χ3n) is 5.10. The topological polar surface area (TPSA) is 75.8 Å². The van der Waals surface area contributed by atoms with E-state index in [-0.39, 0.29) is 23.8 Å². The fourth-order valence-electron chi connectivity index (χ4n) is 3.50. The van der Waals surface area contributed by atoms with Gasteiger partial charge in [-0.2, -0.15) is 0 Å². The molecule has 2 aliphatic rings. The van der Waals surface area contributed by atoms with Crippen LogP contribution in [0.1, 0.15) is 50.6 Å². The Morgan fingerprint density at radius 2 is 1.91 bits per heavy atom. The van der Waals surface area contributed by atoms with Gasteiger partial charge in [0.15, 0.2) is 0 Å². The summed E-state index contributed by atoms with van der Waals surface area (Å²) in [4.78, 5) is 14.2. The molecule has 22 heavy (non-hydrogen) atoms. The molecule has 3 rings (SSSR count). The number of nitrogen functional groups attached to an aromatic ring is 1. The van der Waals surface area contributed by atoms with Crippen molar-refractivity contribution in [2.75, 3.05) is 12.3 Å². The lowest BCUT2D eigenvalue weighted by molar-refractivity contribution is -0.0908. The van der Waals surface area contributed by atoms with E-state index in [4.69, 9.17) is 10.5 Å². The molecule has 1 saturated heterocycles. The van der Waals surface area contributed by atoms with Gasteiger partial charge in [0.2, 0.25) is 0 Å². The average molecular weight is 304 g/mol. The van der Waals surface area contributed by atoms with E-state index in [1.54, 1.807) is 4.90 Å². The van der Waals surface area contributed by atoms with Crippen molar-refractivity contribution in [2.45, 2.75) is 56.8 Å². The van der Waals surface area contributed by atoms with Crippen LogP contribution in [0.4, 0.5) is 10.5 Å².